The zero-order valence-corrected chi connectivity index (χ0v) is 12.0. The average molecular weight is 272 g/mol. The van der Waals surface area contributed by atoms with Gasteiger partial charge < -0.3 is 9.64 Å². The minimum absolute atomic E-state index is 0.0894. The summed E-state index contributed by atoms with van der Waals surface area (Å²) in [6, 6.07) is 4.09. The highest BCUT2D eigenvalue weighted by Crippen LogP contribution is 2.25. The van der Waals surface area contributed by atoms with Crippen molar-refractivity contribution in [1.29, 1.82) is 0 Å². The smallest absolute Gasteiger partial charge is 0.150 e. The van der Waals surface area contributed by atoms with Crippen molar-refractivity contribution in [3.8, 4) is 11.1 Å². The Kier molecular flexibility index (Phi) is 3.69. The molecule has 2 aromatic rings. The fraction of sp³-hybridized carbons (Fsp3) is 0.467. The molecule has 3 rings (SSSR count). The second-order valence-electron chi connectivity index (χ2n) is 5.33. The quantitative estimate of drug-likeness (QED) is 0.861. The van der Waals surface area contributed by atoms with Gasteiger partial charge in [0, 0.05) is 44.2 Å². The molecule has 0 spiro atoms. The average Bonchev–Trinajstić information content (AvgIpc) is 2.98. The molecule has 1 aliphatic rings. The molecule has 0 amide bonds. The molecular weight excluding hydrogens is 252 g/mol. The molecule has 1 aliphatic heterocycles. The molecule has 0 aromatic carbocycles. The molecule has 0 N–H and O–H groups in total. The second kappa shape index (κ2) is 5.63. The Morgan fingerprint density at radius 3 is 2.75 bits per heavy atom. The Morgan fingerprint density at radius 2 is 2.10 bits per heavy atom. The van der Waals surface area contributed by atoms with Crippen molar-refractivity contribution in [1.82, 2.24) is 14.8 Å². The van der Waals surface area contributed by atoms with Crippen molar-refractivity contribution >= 4 is 5.82 Å². The predicted octanol–water partition coefficient (Wildman–Crippen LogP) is 2.71. The molecule has 1 saturated heterocycles. The van der Waals surface area contributed by atoms with Crippen LogP contribution < -0.4 is 4.90 Å². The third-order valence-electron chi connectivity index (χ3n) is 3.59. The Labute approximate surface area is 119 Å². The summed E-state index contributed by atoms with van der Waals surface area (Å²) in [6.45, 7) is 0.832. The van der Waals surface area contributed by atoms with Crippen LogP contribution in [0.1, 0.15) is 25.5 Å². The van der Waals surface area contributed by atoms with Gasteiger partial charge >= 0.3 is 0 Å². The van der Waals surface area contributed by atoms with E-state index in [0.29, 0.717) is 0 Å². The second-order valence-corrected chi connectivity index (χ2v) is 5.33. The van der Waals surface area contributed by atoms with Gasteiger partial charge in [-0.3, -0.25) is 0 Å². The zero-order valence-electron chi connectivity index (χ0n) is 12.0. The first kappa shape index (κ1) is 13.1. The summed E-state index contributed by atoms with van der Waals surface area (Å²) in [4.78, 5) is 6.42. The molecule has 0 radical (unpaired) electrons. The first-order chi connectivity index (χ1) is 9.74. The number of anilines is 1. The molecule has 1 fully saturated rings. The van der Waals surface area contributed by atoms with Crippen LogP contribution in [-0.2, 0) is 4.74 Å². The van der Waals surface area contributed by atoms with Crippen LogP contribution in [0.2, 0.25) is 0 Å². The highest BCUT2D eigenvalue weighted by Gasteiger charge is 2.16. The first-order valence-corrected chi connectivity index (χ1v) is 7.03. The molecule has 3 heterocycles. The van der Waals surface area contributed by atoms with Crippen molar-refractivity contribution < 1.29 is 4.74 Å². The van der Waals surface area contributed by atoms with Gasteiger partial charge in [0.2, 0.25) is 0 Å². The predicted molar refractivity (Wildman–Crippen MR) is 78.6 cm³/mol. The lowest BCUT2D eigenvalue weighted by Crippen LogP contribution is -2.18. The number of rotatable bonds is 3. The Hall–Kier alpha value is -1.88. The van der Waals surface area contributed by atoms with Gasteiger partial charge in [0.25, 0.3) is 0 Å². The number of ether oxygens (including phenoxy) is 1. The summed E-state index contributed by atoms with van der Waals surface area (Å²) in [6.07, 6.45) is 9.30. The summed E-state index contributed by atoms with van der Waals surface area (Å²) in [5.41, 5.74) is 2.16. The van der Waals surface area contributed by atoms with Crippen LogP contribution >= 0.6 is 0 Å². The van der Waals surface area contributed by atoms with Crippen LogP contribution in [0.3, 0.4) is 0 Å². The molecular formula is C15H20N4O. The molecule has 5 nitrogen and oxygen atoms in total. The summed E-state index contributed by atoms with van der Waals surface area (Å²) in [5, 5.41) is 4.43. The fourth-order valence-corrected chi connectivity index (χ4v) is 2.40. The van der Waals surface area contributed by atoms with Gasteiger partial charge in [-0.2, -0.15) is 5.10 Å². The van der Waals surface area contributed by atoms with E-state index in [0.717, 1.165) is 36.4 Å². The maximum Gasteiger partial charge on any atom is 0.150 e. The minimum Gasteiger partial charge on any atom is -0.363 e. The standard InChI is InChI=1S/C15H20N4O/c1-18(2)14-7-6-12(9-16-14)13-10-17-19(11-13)15-5-3-4-8-20-15/h6-7,9-11,15H,3-5,8H2,1-2H3/t15-/m1/s1. The first-order valence-electron chi connectivity index (χ1n) is 7.03. The largest absolute Gasteiger partial charge is 0.363 e. The van der Waals surface area contributed by atoms with Gasteiger partial charge in [0.05, 0.1) is 6.20 Å². The van der Waals surface area contributed by atoms with E-state index in [1.165, 1.54) is 6.42 Å². The van der Waals surface area contributed by atoms with Gasteiger partial charge in [-0.1, -0.05) is 0 Å². The number of pyridine rings is 1. The lowest BCUT2D eigenvalue weighted by Gasteiger charge is -2.22. The SMILES string of the molecule is CN(C)c1ccc(-c2cnn([C@H]3CCCCO3)c2)cn1. The molecule has 20 heavy (non-hydrogen) atoms. The summed E-state index contributed by atoms with van der Waals surface area (Å²) < 4.78 is 7.67. The van der Waals surface area contributed by atoms with Crippen LogP contribution in [-0.4, -0.2) is 35.5 Å². The number of aromatic nitrogens is 3. The maximum absolute atomic E-state index is 5.74. The minimum atomic E-state index is 0.0894. The van der Waals surface area contributed by atoms with Crippen LogP contribution in [0.4, 0.5) is 5.82 Å². The Bertz CT molecular complexity index is 556. The van der Waals surface area contributed by atoms with Crippen LogP contribution in [0, 0.1) is 0 Å². The van der Waals surface area contributed by atoms with E-state index in [1.807, 2.05) is 48.3 Å². The van der Waals surface area contributed by atoms with Crippen molar-refractivity contribution in [2.45, 2.75) is 25.5 Å². The molecule has 2 aromatic heterocycles. The fourth-order valence-electron chi connectivity index (χ4n) is 2.40. The van der Waals surface area contributed by atoms with E-state index in [2.05, 4.69) is 16.1 Å². The van der Waals surface area contributed by atoms with Crippen molar-refractivity contribution in [3.05, 3.63) is 30.7 Å². The molecule has 1 atom stereocenters. The number of hydrogen-bond acceptors (Lipinski definition) is 4. The zero-order chi connectivity index (χ0) is 13.9. The highest BCUT2D eigenvalue weighted by molar-refractivity contribution is 5.62. The van der Waals surface area contributed by atoms with E-state index in [4.69, 9.17) is 4.74 Å². The highest BCUT2D eigenvalue weighted by atomic mass is 16.5. The monoisotopic (exact) mass is 272 g/mol. The lowest BCUT2D eigenvalue weighted by molar-refractivity contribution is -0.0394. The number of hydrogen-bond donors (Lipinski definition) is 0. The van der Waals surface area contributed by atoms with Crippen LogP contribution in [0.25, 0.3) is 11.1 Å². The van der Waals surface area contributed by atoms with Gasteiger partial charge in [0.15, 0.2) is 0 Å². The van der Waals surface area contributed by atoms with E-state index in [-0.39, 0.29) is 6.23 Å². The maximum atomic E-state index is 5.74. The summed E-state index contributed by atoms with van der Waals surface area (Å²) >= 11 is 0. The topological polar surface area (TPSA) is 43.2 Å². The van der Waals surface area contributed by atoms with E-state index in [1.54, 1.807) is 0 Å². The van der Waals surface area contributed by atoms with E-state index >= 15 is 0 Å². The molecule has 0 aliphatic carbocycles. The Morgan fingerprint density at radius 1 is 1.20 bits per heavy atom. The number of nitrogens with zero attached hydrogens (tertiary/aromatic N) is 4. The van der Waals surface area contributed by atoms with Crippen molar-refractivity contribution in [3.63, 3.8) is 0 Å². The van der Waals surface area contributed by atoms with Crippen molar-refractivity contribution in [2.75, 3.05) is 25.6 Å². The van der Waals surface area contributed by atoms with Gasteiger partial charge in [-0.15, -0.1) is 0 Å². The third kappa shape index (κ3) is 2.67. The lowest BCUT2D eigenvalue weighted by atomic mass is 10.1. The molecule has 0 bridgehead atoms. The molecule has 5 heteroatoms. The summed E-state index contributed by atoms with van der Waals surface area (Å²) in [5.74, 6) is 0.955. The van der Waals surface area contributed by atoms with Crippen molar-refractivity contribution in [2.24, 2.45) is 0 Å². The van der Waals surface area contributed by atoms with Gasteiger partial charge in [0.1, 0.15) is 12.0 Å². The molecule has 106 valence electrons. The van der Waals surface area contributed by atoms with Crippen LogP contribution in [0.15, 0.2) is 30.7 Å². The summed E-state index contributed by atoms with van der Waals surface area (Å²) in [7, 11) is 3.97. The molecule has 0 unspecified atom stereocenters. The van der Waals surface area contributed by atoms with Gasteiger partial charge in [-0.25, -0.2) is 9.67 Å². The van der Waals surface area contributed by atoms with E-state index in [9.17, 15) is 0 Å². The van der Waals surface area contributed by atoms with Crippen LogP contribution in [0.5, 0.6) is 0 Å². The third-order valence-corrected chi connectivity index (χ3v) is 3.59. The molecule has 0 saturated carbocycles. The Balaban J connectivity index is 1.78. The van der Waals surface area contributed by atoms with E-state index < -0.39 is 0 Å². The van der Waals surface area contributed by atoms with Gasteiger partial charge in [-0.05, 0) is 31.4 Å². The normalized spacial score (nSPS) is 19.0.